The molecule has 6 aromatic rings. The maximum absolute atomic E-state index is 6.32. The Hall–Kier alpha value is -4.62. The van der Waals surface area contributed by atoms with Crippen LogP contribution in [0.3, 0.4) is 0 Å². The minimum Gasteiger partial charge on any atom is -0.485 e. The van der Waals surface area contributed by atoms with Crippen LogP contribution in [0.5, 0.6) is 17.5 Å². The maximum Gasteiger partial charge on any atom is 0.226 e. The molecule has 0 spiro atoms. The molecule has 7 heteroatoms. The van der Waals surface area contributed by atoms with E-state index in [-0.39, 0.29) is 0 Å². The predicted molar refractivity (Wildman–Crippen MR) is 164 cm³/mol. The molecule has 0 saturated heterocycles. The van der Waals surface area contributed by atoms with Crippen LogP contribution < -0.4 is 14.2 Å². The van der Waals surface area contributed by atoms with Gasteiger partial charge in [0, 0.05) is 18.5 Å². The van der Waals surface area contributed by atoms with Crippen molar-refractivity contribution < 1.29 is 14.2 Å². The first-order valence-corrected chi connectivity index (χ1v) is 14.1. The Kier molecular flexibility index (Phi) is 7.96. The molecule has 0 amide bonds. The van der Waals surface area contributed by atoms with E-state index in [2.05, 4.69) is 15.9 Å². The molecule has 0 saturated carbocycles. The maximum atomic E-state index is 6.32. The number of ether oxygens (including phenoxy) is 3. The Balaban J connectivity index is 1.36. The molecule has 4 aromatic carbocycles. The lowest BCUT2D eigenvalue weighted by molar-refractivity contribution is 0.268. The van der Waals surface area contributed by atoms with E-state index in [1.807, 2.05) is 127 Å². The molecule has 0 fully saturated rings. The van der Waals surface area contributed by atoms with Gasteiger partial charge in [0.1, 0.15) is 31.0 Å². The summed E-state index contributed by atoms with van der Waals surface area (Å²) in [5.74, 6) is 1.67. The van der Waals surface area contributed by atoms with Crippen molar-refractivity contribution in [2.24, 2.45) is 7.05 Å². The molecule has 2 heterocycles. The highest BCUT2D eigenvalue weighted by molar-refractivity contribution is 9.10. The fraction of sp³-hybridized carbons (Fsp3) is 0.118. The summed E-state index contributed by atoms with van der Waals surface area (Å²) in [5, 5.41) is 5.84. The summed E-state index contributed by atoms with van der Waals surface area (Å²) in [7, 11) is 1.92. The summed E-state index contributed by atoms with van der Waals surface area (Å²) >= 11 is 3.68. The van der Waals surface area contributed by atoms with Crippen LogP contribution in [0.2, 0.25) is 0 Å². The summed E-state index contributed by atoms with van der Waals surface area (Å²) in [6.45, 7) is 1.22. The smallest absolute Gasteiger partial charge is 0.226 e. The van der Waals surface area contributed by atoms with Gasteiger partial charge in [0.2, 0.25) is 11.8 Å². The van der Waals surface area contributed by atoms with Gasteiger partial charge in [-0.05, 0) is 50.8 Å². The first-order chi connectivity index (χ1) is 20.2. The van der Waals surface area contributed by atoms with Crippen molar-refractivity contribution >= 4 is 26.8 Å². The zero-order chi connectivity index (χ0) is 28.0. The lowest BCUT2D eigenvalue weighted by Gasteiger charge is -2.13. The molecule has 204 valence electrons. The predicted octanol–water partition coefficient (Wildman–Crippen LogP) is 8.13. The molecule has 0 radical (unpaired) electrons. The Morgan fingerprint density at radius 3 is 1.80 bits per heavy atom. The highest BCUT2D eigenvalue weighted by Crippen LogP contribution is 2.41. The van der Waals surface area contributed by atoms with Crippen LogP contribution in [0.15, 0.2) is 120 Å². The third kappa shape index (κ3) is 6.10. The monoisotopic (exact) mass is 605 g/mol. The summed E-state index contributed by atoms with van der Waals surface area (Å²) in [4.78, 5) is 4.78. The van der Waals surface area contributed by atoms with E-state index in [0.717, 1.165) is 49.1 Å². The molecule has 6 rings (SSSR count). The zero-order valence-corrected chi connectivity index (χ0v) is 24.1. The third-order valence-electron chi connectivity index (χ3n) is 6.68. The van der Waals surface area contributed by atoms with Crippen LogP contribution >= 0.6 is 15.9 Å². The lowest BCUT2D eigenvalue weighted by Crippen LogP contribution is -2.02. The van der Waals surface area contributed by atoms with Gasteiger partial charge in [0.05, 0.1) is 10.0 Å². The van der Waals surface area contributed by atoms with E-state index < -0.39 is 0 Å². The summed E-state index contributed by atoms with van der Waals surface area (Å²) in [6, 6.07) is 38.0. The molecular weight excluding hydrogens is 578 g/mol. The van der Waals surface area contributed by atoms with Gasteiger partial charge in [-0.15, -0.1) is 0 Å². The number of aromatic nitrogens is 3. The van der Waals surface area contributed by atoms with Crippen LogP contribution in [0.4, 0.5) is 0 Å². The van der Waals surface area contributed by atoms with Crippen LogP contribution in [0.25, 0.3) is 22.2 Å². The SMILES string of the molecule is Cn1nc(-c2ccc(OCc3ccccc3)nc2OCc2ccccc2)c2ccc(Br)c(OCc3ccccc3)c21. The van der Waals surface area contributed by atoms with Crippen LogP contribution in [-0.2, 0) is 26.9 Å². The van der Waals surface area contributed by atoms with Gasteiger partial charge >= 0.3 is 0 Å². The Labute approximate surface area is 247 Å². The van der Waals surface area contributed by atoms with E-state index in [0.29, 0.717) is 31.6 Å². The second-order valence-electron chi connectivity index (χ2n) is 9.57. The number of halogens is 1. The molecule has 6 nitrogen and oxygen atoms in total. The summed E-state index contributed by atoms with van der Waals surface area (Å²) in [5.41, 5.74) is 5.60. The van der Waals surface area contributed by atoms with E-state index >= 15 is 0 Å². The molecule has 41 heavy (non-hydrogen) atoms. The van der Waals surface area contributed by atoms with Crippen molar-refractivity contribution in [3.63, 3.8) is 0 Å². The van der Waals surface area contributed by atoms with Gasteiger partial charge < -0.3 is 14.2 Å². The van der Waals surface area contributed by atoms with E-state index in [4.69, 9.17) is 24.3 Å². The van der Waals surface area contributed by atoms with Crippen LogP contribution in [-0.4, -0.2) is 14.8 Å². The summed E-state index contributed by atoms with van der Waals surface area (Å²) < 4.78 is 21.4. The van der Waals surface area contributed by atoms with Gasteiger partial charge in [0.25, 0.3) is 0 Å². The minimum atomic E-state index is 0.366. The van der Waals surface area contributed by atoms with Gasteiger partial charge in [-0.25, -0.2) is 0 Å². The van der Waals surface area contributed by atoms with Crippen molar-refractivity contribution in [3.8, 4) is 28.8 Å². The average Bonchev–Trinajstić information content (AvgIpc) is 3.36. The standard InChI is InChI=1S/C34H28BrN3O3/c1-38-32-27(17-19-29(35)33(32)40-22-25-13-7-3-8-14-25)31(37-38)28-18-20-30(39-21-24-11-5-2-6-12-24)36-34(28)41-23-26-15-9-4-10-16-26/h2-20H,21-23H2,1H3. The summed E-state index contributed by atoms with van der Waals surface area (Å²) in [6.07, 6.45) is 0. The number of benzene rings is 4. The van der Waals surface area contributed by atoms with Crippen molar-refractivity contribution in [2.45, 2.75) is 19.8 Å². The average molecular weight is 607 g/mol. The number of nitrogens with zero attached hydrogens (tertiary/aromatic N) is 3. The highest BCUT2D eigenvalue weighted by atomic mass is 79.9. The number of aryl methyl sites for hydroxylation is 1. The van der Waals surface area contributed by atoms with E-state index in [1.165, 1.54) is 0 Å². The van der Waals surface area contributed by atoms with Crippen molar-refractivity contribution in [3.05, 3.63) is 136 Å². The first-order valence-electron chi connectivity index (χ1n) is 13.3. The molecular formula is C34H28BrN3O3. The fourth-order valence-electron chi connectivity index (χ4n) is 4.63. The van der Waals surface area contributed by atoms with E-state index in [9.17, 15) is 0 Å². The molecule has 0 aliphatic carbocycles. The quantitative estimate of drug-likeness (QED) is 0.158. The lowest BCUT2D eigenvalue weighted by atomic mass is 10.1. The van der Waals surface area contributed by atoms with E-state index in [1.54, 1.807) is 0 Å². The third-order valence-corrected chi connectivity index (χ3v) is 7.30. The topological polar surface area (TPSA) is 58.4 Å². The zero-order valence-electron chi connectivity index (χ0n) is 22.5. The second kappa shape index (κ2) is 12.3. The molecule has 0 bridgehead atoms. The van der Waals surface area contributed by atoms with Gasteiger partial charge in [-0.2, -0.15) is 10.1 Å². The normalized spacial score (nSPS) is 11.0. The van der Waals surface area contributed by atoms with Gasteiger partial charge in [0.15, 0.2) is 5.75 Å². The van der Waals surface area contributed by atoms with Crippen molar-refractivity contribution in [2.75, 3.05) is 0 Å². The first kappa shape index (κ1) is 26.6. The second-order valence-corrected chi connectivity index (χ2v) is 10.4. The molecule has 0 aliphatic heterocycles. The minimum absolute atomic E-state index is 0.366. The number of rotatable bonds is 10. The Morgan fingerprint density at radius 1 is 0.634 bits per heavy atom. The van der Waals surface area contributed by atoms with Crippen molar-refractivity contribution in [1.82, 2.24) is 14.8 Å². The fourth-order valence-corrected chi connectivity index (χ4v) is 5.06. The number of fused-ring (bicyclic) bond motifs is 1. The van der Waals surface area contributed by atoms with Crippen LogP contribution in [0, 0.1) is 0 Å². The molecule has 0 atom stereocenters. The Bertz CT molecular complexity index is 1760. The molecule has 0 N–H and O–H groups in total. The number of pyridine rings is 1. The molecule has 0 aliphatic rings. The van der Waals surface area contributed by atoms with Crippen molar-refractivity contribution in [1.29, 1.82) is 0 Å². The van der Waals surface area contributed by atoms with Crippen LogP contribution in [0.1, 0.15) is 16.7 Å². The molecule has 2 aromatic heterocycles. The number of hydrogen-bond donors (Lipinski definition) is 0. The molecule has 0 unspecified atom stereocenters. The van der Waals surface area contributed by atoms with Gasteiger partial charge in [-0.3, -0.25) is 4.68 Å². The highest BCUT2D eigenvalue weighted by Gasteiger charge is 2.21. The largest absolute Gasteiger partial charge is 0.485 e. The Morgan fingerprint density at radius 2 is 1.20 bits per heavy atom. The number of hydrogen-bond acceptors (Lipinski definition) is 5. The van der Waals surface area contributed by atoms with Gasteiger partial charge in [-0.1, -0.05) is 91.0 Å².